The Labute approximate surface area is 165 Å². The van der Waals surface area contributed by atoms with Gasteiger partial charge in [0, 0.05) is 19.4 Å². The van der Waals surface area contributed by atoms with Crippen LogP contribution in [0.15, 0.2) is 11.1 Å². The lowest BCUT2D eigenvalue weighted by Gasteiger charge is -2.16. The number of nitrogens with zero attached hydrogens (tertiary/aromatic N) is 3. The van der Waals surface area contributed by atoms with E-state index in [1.165, 1.54) is 18.0 Å². The van der Waals surface area contributed by atoms with Gasteiger partial charge in [0.05, 0.1) is 12.9 Å². The Morgan fingerprint density at radius 1 is 1.48 bits per heavy atom. The van der Waals surface area contributed by atoms with Crippen LogP contribution in [0.5, 0.6) is 0 Å². The van der Waals surface area contributed by atoms with Gasteiger partial charge in [-0.3, -0.25) is 24.5 Å². The third kappa shape index (κ3) is 4.44. The fourth-order valence-electron chi connectivity index (χ4n) is 2.94. The summed E-state index contributed by atoms with van der Waals surface area (Å²) in [5.41, 5.74) is -0.262. The maximum atomic E-state index is 12.3. The second kappa shape index (κ2) is 8.68. The van der Waals surface area contributed by atoms with Crippen LogP contribution in [0.2, 0.25) is 0 Å². The summed E-state index contributed by atoms with van der Waals surface area (Å²) in [5.74, 6) is -1.19. The number of methoxy groups -OCH3 is 1. The maximum Gasteiger partial charge on any atom is 0.332 e. The molecule has 29 heavy (non-hydrogen) atoms. The molecule has 12 nitrogen and oxygen atoms in total. The van der Waals surface area contributed by atoms with Gasteiger partial charge in [0.2, 0.25) is 11.9 Å². The van der Waals surface area contributed by atoms with Gasteiger partial charge >= 0.3 is 5.97 Å². The average Bonchev–Trinajstić information content (AvgIpc) is 3.25. The predicted octanol–water partition coefficient (Wildman–Crippen LogP) is -0.448. The van der Waals surface area contributed by atoms with E-state index < -0.39 is 30.0 Å². The minimum absolute atomic E-state index is 0.0114. The van der Waals surface area contributed by atoms with Crippen LogP contribution < -0.4 is 10.9 Å². The third-order valence-corrected chi connectivity index (χ3v) is 4.41. The number of nitrogens with one attached hydrogen (secondary N) is 2. The zero-order chi connectivity index (χ0) is 21.1. The van der Waals surface area contributed by atoms with E-state index in [2.05, 4.69) is 20.3 Å². The Morgan fingerprint density at radius 3 is 2.90 bits per heavy atom. The number of aliphatic hydroxyl groups is 1. The van der Waals surface area contributed by atoms with Crippen molar-refractivity contribution >= 4 is 29.0 Å². The van der Waals surface area contributed by atoms with E-state index in [9.17, 15) is 19.5 Å². The van der Waals surface area contributed by atoms with E-state index in [0.717, 1.165) is 0 Å². The Morgan fingerprint density at radius 2 is 2.24 bits per heavy atom. The van der Waals surface area contributed by atoms with Gasteiger partial charge < -0.3 is 19.3 Å². The average molecular weight is 409 g/mol. The predicted molar refractivity (Wildman–Crippen MR) is 99.0 cm³/mol. The smallest absolute Gasteiger partial charge is 0.332 e. The second-order valence-electron chi connectivity index (χ2n) is 6.89. The molecule has 3 rings (SSSR count). The van der Waals surface area contributed by atoms with Crippen molar-refractivity contribution in [2.45, 2.75) is 38.7 Å². The number of anilines is 1. The quantitative estimate of drug-likeness (QED) is 0.515. The van der Waals surface area contributed by atoms with Gasteiger partial charge in [-0.2, -0.15) is 4.98 Å². The highest BCUT2D eigenvalue weighted by molar-refractivity contribution is 5.91. The monoisotopic (exact) mass is 409 g/mol. The standard InChI is InChI=1S/C17H23N5O7/c1-8(2)15(25)20-17-19-14-13(16(26)21-17)18-7-22(14)11-4-9(10(5-23)28-11)29-12(24)6-27-3/h7-11,23H,4-6H2,1-3H3,(H2,19,20,21,25,26)/t9-,10+,11+/m0/s1. The number of rotatable bonds is 7. The van der Waals surface area contributed by atoms with Gasteiger partial charge in [-0.25, -0.2) is 9.78 Å². The number of aromatic nitrogens is 4. The number of hydrogen-bond donors (Lipinski definition) is 3. The number of aromatic amines is 1. The number of amides is 1. The molecule has 12 heteroatoms. The number of H-pyrrole nitrogens is 1. The van der Waals surface area contributed by atoms with Crippen molar-refractivity contribution < 1.29 is 28.9 Å². The molecule has 0 radical (unpaired) electrons. The normalized spacial score (nSPS) is 21.6. The fourth-order valence-corrected chi connectivity index (χ4v) is 2.94. The van der Waals surface area contributed by atoms with Crippen LogP contribution in [0.25, 0.3) is 11.2 Å². The molecule has 3 atom stereocenters. The van der Waals surface area contributed by atoms with Crippen molar-refractivity contribution in [1.82, 2.24) is 19.5 Å². The Hall–Kier alpha value is -2.83. The molecule has 0 aliphatic carbocycles. The lowest BCUT2D eigenvalue weighted by molar-refractivity contribution is -0.157. The van der Waals surface area contributed by atoms with E-state index in [1.807, 2.05) is 0 Å². The van der Waals surface area contributed by atoms with Crippen LogP contribution in [0.1, 0.15) is 26.5 Å². The topological polar surface area (TPSA) is 158 Å². The summed E-state index contributed by atoms with van der Waals surface area (Å²) in [4.78, 5) is 46.7. The van der Waals surface area contributed by atoms with E-state index in [4.69, 9.17) is 14.2 Å². The minimum Gasteiger partial charge on any atom is -0.458 e. The number of fused-ring (bicyclic) bond motifs is 1. The number of imidazole rings is 1. The molecule has 1 aliphatic heterocycles. The van der Waals surface area contributed by atoms with E-state index >= 15 is 0 Å². The molecule has 0 spiro atoms. The molecule has 0 unspecified atom stereocenters. The van der Waals surface area contributed by atoms with Gasteiger partial charge in [-0.05, 0) is 0 Å². The zero-order valence-corrected chi connectivity index (χ0v) is 16.2. The first-order valence-corrected chi connectivity index (χ1v) is 9.06. The minimum atomic E-state index is -0.750. The highest BCUT2D eigenvalue weighted by Crippen LogP contribution is 2.32. The molecule has 1 saturated heterocycles. The molecule has 1 amide bonds. The molecule has 1 fully saturated rings. The molecular weight excluding hydrogens is 386 g/mol. The van der Waals surface area contributed by atoms with Crippen molar-refractivity contribution in [1.29, 1.82) is 0 Å². The molecule has 3 heterocycles. The Balaban J connectivity index is 1.87. The van der Waals surface area contributed by atoms with Crippen molar-refractivity contribution in [3.63, 3.8) is 0 Å². The number of carbonyl (C=O) groups excluding carboxylic acids is 2. The Bertz CT molecular complexity index is 953. The van der Waals surface area contributed by atoms with Gasteiger partial charge in [0.1, 0.15) is 25.0 Å². The number of esters is 1. The van der Waals surface area contributed by atoms with Crippen LogP contribution >= 0.6 is 0 Å². The summed E-state index contributed by atoms with van der Waals surface area (Å²) >= 11 is 0. The number of ether oxygens (including phenoxy) is 3. The summed E-state index contributed by atoms with van der Waals surface area (Å²) < 4.78 is 17.3. The van der Waals surface area contributed by atoms with E-state index in [0.29, 0.717) is 0 Å². The van der Waals surface area contributed by atoms with Crippen molar-refractivity contribution in [2.24, 2.45) is 5.92 Å². The number of carbonyl (C=O) groups is 2. The molecule has 158 valence electrons. The molecule has 0 aromatic carbocycles. The molecule has 0 bridgehead atoms. The van der Waals surface area contributed by atoms with Gasteiger partial charge in [0.25, 0.3) is 5.56 Å². The van der Waals surface area contributed by atoms with Gasteiger partial charge in [-0.1, -0.05) is 13.8 Å². The summed E-state index contributed by atoms with van der Waals surface area (Å²) in [7, 11) is 1.37. The molecule has 2 aromatic heterocycles. The molecule has 2 aromatic rings. The molecule has 0 saturated carbocycles. The number of hydrogen-bond acceptors (Lipinski definition) is 9. The van der Waals surface area contributed by atoms with Gasteiger partial charge in [0.15, 0.2) is 11.2 Å². The van der Waals surface area contributed by atoms with E-state index in [-0.39, 0.29) is 48.6 Å². The third-order valence-electron chi connectivity index (χ3n) is 4.41. The lowest BCUT2D eigenvalue weighted by atomic mass is 10.2. The highest BCUT2D eigenvalue weighted by Gasteiger charge is 2.39. The largest absolute Gasteiger partial charge is 0.458 e. The van der Waals surface area contributed by atoms with Crippen LogP contribution in [0, 0.1) is 5.92 Å². The first-order chi connectivity index (χ1) is 13.8. The van der Waals surface area contributed by atoms with E-state index in [1.54, 1.807) is 13.8 Å². The van der Waals surface area contributed by atoms with Crippen LogP contribution in [-0.4, -0.2) is 69.0 Å². The van der Waals surface area contributed by atoms with Crippen LogP contribution in [0.3, 0.4) is 0 Å². The lowest BCUT2D eigenvalue weighted by Crippen LogP contribution is -2.31. The first kappa shape index (κ1) is 20.9. The van der Waals surface area contributed by atoms with Crippen molar-refractivity contribution in [3.05, 3.63) is 16.7 Å². The van der Waals surface area contributed by atoms with Crippen molar-refractivity contribution in [2.75, 3.05) is 25.6 Å². The first-order valence-electron chi connectivity index (χ1n) is 9.06. The Kier molecular flexibility index (Phi) is 6.25. The fraction of sp³-hybridized carbons (Fsp3) is 0.588. The summed E-state index contributed by atoms with van der Waals surface area (Å²) in [6.45, 7) is 2.84. The van der Waals surface area contributed by atoms with Crippen LogP contribution in [0.4, 0.5) is 5.95 Å². The molecule has 1 aliphatic rings. The summed E-state index contributed by atoms with van der Waals surface area (Å²) in [5, 5.41) is 12.1. The van der Waals surface area contributed by atoms with Gasteiger partial charge in [-0.15, -0.1) is 0 Å². The zero-order valence-electron chi connectivity index (χ0n) is 16.2. The number of aliphatic hydroxyl groups excluding tert-OH is 1. The van der Waals surface area contributed by atoms with Crippen molar-refractivity contribution in [3.8, 4) is 0 Å². The summed E-state index contributed by atoms with van der Waals surface area (Å²) in [6, 6.07) is 0. The second-order valence-corrected chi connectivity index (χ2v) is 6.89. The summed E-state index contributed by atoms with van der Waals surface area (Å²) in [6.07, 6.45) is -0.540. The molecular formula is C17H23N5O7. The van der Waals surface area contributed by atoms with Crippen LogP contribution in [-0.2, 0) is 23.8 Å². The SMILES string of the molecule is COCC(=O)O[C@H]1C[C@H](n2cnc3c(=O)[nH]c(NC(=O)C(C)C)nc32)O[C@@H]1CO. The highest BCUT2D eigenvalue weighted by atomic mass is 16.6. The maximum absolute atomic E-state index is 12.3. The molecule has 3 N–H and O–H groups in total.